The molecule has 1 fully saturated rings. The van der Waals surface area contributed by atoms with Crippen molar-refractivity contribution < 1.29 is 8.42 Å². The summed E-state index contributed by atoms with van der Waals surface area (Å²) in [5.74, 6) is 0. The topological polar surface area (TPSA) is 49.4 Å². The number of hydrogen-bond donors (Lipinski definition) is 1. The number of nitrogens with zero attached hydrogens (tertiary/aromatic N) is 1. The molecule has 0 saturated carbocycles. The van der Waals surface area contributed by atoms with Gasteiger partial charge in [0.05, 0.1) is 4.90 Å². The van der Waals surface area contributed by atoms with Crippen LogP contribution in [0.3, 0.4) is 0 Å². The van der Waals surface area contributed by atoms with Crippen molar-refractivity contribution in [2.45, 2.75) is 17.4 Å². The van der Waals surface area contributed by atoms with E-state index in [1.54, 1.807) is 12.1 Å². The first-order valence-corrected chi connectivity index (χ1v) is 7.30. The molecule has 4 nitrogen and oxygen atoms in total. The number of halogens is 1. The Bertz CT molecular complexity index is 487. The van der Waals surface area contributed by atoms with E-state index in [-0.39, 0.29) is 10.9 Å². The molecule has 0 aliphatic carbocycles. The summed E-state index contributed by atoms with van der Waals surface area (Å²) < 4.78 is 26.8. The minimum absolute atomic E-state index is 0.000628. The van der Waals surface area contributed by atoms with E-state index in [1.165, 1.54) is 12.1 Å². The summed E-state index contributed by atoms with van der Waals surface area (Å²) in [6.07, 6.45) is 0.851. The molecule has 1 N–H and O–H groups in total. The molecule has 94 valence electrons. The third-order valence-corrected chi connectivity index (χ3v) is 4.63. The lowest BCUT2D eigenvalue weighted by molar-refractivity contribution is 0.407. The molecular formula is C11H15ClN2O2S. The van der Waals surface area contributed by atoms with Gasteiger partial charge in [0, 0.05) is 17.6 Å². The Morgan fingerprint density at radius 2 is 2.00 bits per heavy atom. The maximum Gasteiger partial charge on any atom is 0.240 e. The van der Waals surface area contributed by atoms with Crippen molar-refractivity contribution in [2.24, 2.45) is 0 Å². The molecule has 2 rings (SSSR count). The highest BCUT2D eigenvalue weighted by Gasteiger charge is 2.25. The van der Waals surface area contributed by atoms with E-state index in [1.807, 2.05) is 7.05 Å². The fourth-order valence-corrected chi connectivity index (χ4v) is 3.32. The average molecular weight is 275 g/mol. The Kier molecular flexibility index (Phi) is 3.73. The van der Waals surface area contributed by atoms with E-state index in [4.69, 9.17) is 11.6 Å². The van der Waals surface area contributed by atoms with Crippen molar-refractivity contribution in [3.8, 4) is 0 Å². The van der Waals surface area contributed by atoms with Crippen LogP contribution in [0.25, 0.3) is 0 Å². The fourth-order valence-electron chi connectivity index (χ4n) is 1.93. The second kappa shape index (κ2) is 4.94. The van der Waals surface area contributed by atoms with Crippen LogP contribution in [0.15, 0.2) is 29.2 Å². The van der Waals surface area contributed by atoms with E-state index in [0.29, 0.717) is 5.02 Å². The van der Waals surface area contributed by atoms with E-state index >= 15 is 0 Å². The quantitative estimate of drug-likeness (QED) is 0.905. The fraction of sp³-hybridized carbons (Fsp3) is 0.455. The lowest BCUT2D eigenvalue weighted by Gasteiger charge is -2.13. The van der Waals surface area contributed by atoms with Gasteiger partial charge in [0.2, 0.25) is 10.0 Å². The first kappa shape index (κ1) is 12.8. The highest BCUT2D eigenvalue weighted by Crippen LogP contribution is 2.16. The van der Waals surface area contributed by atoms with Gasteiger partial charge in [-0.1, -0.05) is 11.6 Å². The van der Waals surface area contributed by atoms with Gasteiger partial charge in [-0.15, -0.1) is 0 Å². The summed E-state index contributed by atoms with van der Waals surface area (Å²) in [5, 5.41) is 0.532. The maximum absolute atomic E-state index is 12.0. The van der Waals surface area contributed by atoms with Gasteiger partial charge < -0.3 is 4.90 Å². The number of likely N-dealkylation sites (N-methyl/N-ethyl adjacent to an activating group) is 1. The molecule has 1 aliphatic heterocycles. The highest BCUT2D eigenvalue weighted by molar-refractivity contribution is 7.89. The van der Waals surface area contributed by atoms with Crippen LogP contribution in [0.1, 0.15) is 6.42 Å². The van der Waals surface area contributed by atoms with Crippen molar-refractivity contribution >= 4 is 21.6 Å². The predicted octanol–water partition coefficient (Wildman–Crippen LogP) is 1.32. The molecule has 1 aromatic rings. The summed E-state index contributed by atoms with van der Waals surface area (Å²) in [6, 6.07) is 6.20. The second-order valence-corrected chi connectivity index (χ2v) is 6.47. The predicted molar refractivity (Wildman–Crippen MR) is 67.7 cm³/mol. The Morgan fingerprint density at radius 3 is 2.53 bits per heavy atom. The van der Waals surface area contributed by atoms with E-state index in [2.05, 4.69) is 9.62 Å². The van der Waals surface area contributed by atoms with Gasteiger partial charge in [-0.25, -0.2) is 13.1 Å². The van der Waals surface area contributed by atoms with E-state index < -0.39 is 10.0 Å². The average Bonchev–Trinajstić information content (AvgIpc) is 2.63. The number of likely N-dealkylation sites (tertiary alicyclic amines) is 1. The molecule has 0 radical (unpaired) electrons. The SMILES string of the molecule is CN1CC[C@@H](NS(=O)(=O)c2ccc(Cl)cc2)C1. The van der Waals surface area contributed by atoms with Crippen LogP contribution in [0.5, 0.6) is 0 Å². The second-order valence-electron chi connectivity index (χ2n) is 4.32. The minimum Gasteiger partial charge on any atom is -0.305 e. The molecule has 1 atom stereocenters. The van der Waals surface area contributed by atoms with Crippen LogP contribution in [0.4, 0.5) is 0 Å². The summed E-state index contributed by atoms with van der Waals surface area (Å²) in [7, 11) is -1.44. The van der Waals surface area contributed by atoms with Gasteiger partial charge in [0.25, 0.3) is 0 Å². The minimum atomic E-state index is -3.42. The van der Waals surface area contributed by atoms with Crippen LogP contribution in [0.2, 0.25) is 5.02 Å². The van der Waals surface area contributed by atoms with Crippen LogP contribution in [-0.2, 0) is 10.0 Å². The zero-order valence-electron chi connectivity index (χ0n) is 9.56. The maximum atomic E-state index is 12.0. The van der Waals surface area contributed by atoms with Crippen molar-refractivity contribution in [2.75, 3.05) is 20.1 Å². The van der Waals surface area contributed by atoms with Crippen LogP contribution in [0, 0.1) is 0 Å². The third-order valence-electron chi connectivity index (χ3n) is 2.84. The number of sulfonamides is 1. The number of hydrogen-bond acceptors (Lipinski definition) is 3. The van der Waals surface area contributed by atoms with Crippen LogP contribution >= 0.6 is 11.6 Å². The molecule has 1 aromatic carbocycles. The van der Waals surface area contributed by atoms with Gasteiger partial charge in [0.1, 0.15) is 0 Å². The number of nitrogens with one attached hydrogen (secondary N) is 1. The molecule has 1 aliphatic rings. The zero-order valence-corrected chi connectivity index (χ0v) is 11.1. The molecule has 0 unspecified atom stereocenters. The Labute approximate surface area is 107 Å². The molecule has 17 heavy (non-hydrogen) atoms. The van der Waals surface area contributed by atoms with Crippen molar-refractivity contribution in [3.63, 3.8) is 0 Å². The standard InChI is InChI=1S/C11H15ClN2O2S/c1-14-7-6-10(8-14)13-17(15,16)11-4-2-9(12)3-5-11/h2-5,10,13H,6-8H2,1H3/t10-/m1/s1. The number of rotatable bonds is 3. The van der Waals surface area contributed by atoms with Crippen LogP contribution < -0.4 is 4.72 Å². The molecule has 1 saturated heterocycles. The van der Waals surface area contributed by atoms with Gasteiger partial charge in [-0.05, 0) is 44.3 Å². The van der Waals surface area contributed by atoms with Crippen molar-refractivity contribution in [1.82, 2.24) is 9.62 Å². The van der Waals surface area contributed by atoms with Gasteiger partial charge in [-0.3, -0.25) is 0 Å². The monoisotopic (exact) mass is 274 g/mol. The number of benzene rings is 1. The summed E-state index contributed by atoms with van der Waals surface area (Å²) in [5.41, 5.74) is 0. The molecule has 0 spiro atoms. The van der Waals surface area contributed by atoms with Crippen LogP contribution in [-0.4, -0.2) is 39.5 Å². The Morgan fingerprint density at radius 1 is 1.35 bits per heavy atom. The summed E-state index contributed by atoms with van der Waals surface area (Å²) >= 11 is 5.73. The smallest absolute Gasteiger partial charge is 0.240 e. The Hall–Kier alpha value is -0.620. The van der Waals surface area contributed by atoms with E-state index in [0.717, 1.165) is 19.5 Å². The van der Waals surface area contributed by atoms with Gasteiger partial charge in [0.15, 0.2) is 0 Å². The lowest BCUT2D eigenvalue weighted by atomic mass is 10.3. The van der Waals surface area contributed by atoms with Crippen molar-refractivity contribution in [1.29, 1.82) is 0 Å². The van der Waals surface area contributed by atoms with E-state index in [9.17, 15) is 8.42 Å². The normalized spacial score (nSPS) is 21.9. The van der Waals surface area contributed by atoms with Crippen molar-refractivity contribution in [3.05, 3.63) is 29.3 Å². The van der Waals surface area contributed by atoms with Gasteiger partial charge in [-0.2, -0.15) is 0 Å². The molecule has 0 aromatic heterocycles. The first-order valence-electron chi connectivity index (χ1n) is 5.44. The first-order chi connectivity index (χ1) is 7.97. The molecule has 1 heterocycles. The highest BCUT2D eigenvalue weighted by atomic mass is 35.5. The van der Waals surface area contributed by atoms with Gasteiger partial charge >= 0.3 is 0 Å². The lowest BCUT2D eigenvalue weighted by Crippen LogP contribution is -2.36. The summed E-state index contributed by atoms with van der Waals surface area (Å²) in [6.45, 7) is 1.68. The summed E-state index contributed by atoms with van der Waals surface area (Å²) in [4.78, 5) is 2.37. The Balaban J connectivity index is 2.11. The molecule has 0 amide bonds. The zero-order chi connectivity index (χ0) is 12.5. The molecule has 6 heteroatoms. The third kappa shape index (κ3) is 3.19. The molecule has 0 bridgehead atoms. The largest absolute Gasteiger partial charge is 0.305 e. The molecular weight excluding hydrogens is 260 g/mol.